The molecular formula is C56H56O. The molecule has 8 aromatic carbocycles. The minimum Gasteiger partial charge on any atom is -0.456 e. The van der Waals surface area contributed by atoms with Crippen molar-refractivity contribution in [2.24, 2.45) is 0 Å². The van der Waals surface area contributed by atoms with Crippen molar-refractivity contribution in [3.63, 3.8) is 0 Å². The molecule has 9 aromatic rings. The standard InChI is InChI=1S/C21H20.C13H10O.C8H10.2C7H8/c1-13-9-10-17-18(11-13)21(3,4)19-12-14(2)15-7-5-6-8-16(15)20(17)19;1-9-5-4-8-12-13(9)10-6-2-3-7-11(10)14-12;1-2-8-6-4-3-5-7-8;2*1-7-5-3-2-4-6-7/h5-12H,1-4H3;2-8H,1H3;3-7H,2H2,1H3;2*2-6H,1H3. The van der Waals surface area contributed by atoms with E-state index in [0.29, 0.717) is 0 Å². The lowest BCUT2D eigenvalue weighted by Crippen LogP contribution is -2.15. The third kappa shape index (κ3) is 9.62. The molecule has 0 saturated carbocycles. The summed E-state index contributed by atoms with van der Waals surface area (Å²) >= 11 is 0. The zero-order valence-electron chi connectivity index (χ0n) is 34.9. The third-order valence-corrected chi connectivity index (χ3v) is 10.8. The molecule has 57 heavy (non-hydrogen) atoms. The van der Waals surface area contributed by atoms with Crippen LogP contribution < -0.4 is 0 Å². The summed E-state index contributed by atoms with van der Waals surface area (Å²) in [5, 5.41) is 5.22. The van der Waals surface area contributed by atoms with Crippen LogP contribution in [0.1, 0.15) is 65.3 Å². The summed E-state index contributed by atoms with van der Waals surface area (Å²) in [5.74, 6) is 0. The van der Waals surface area contributed by atoms with Gasteiger partial charge < -0.3 is 4.42 Å². The molecule has 0 fully saturated rings. The Bertz CT molecular complexity index is 2630. The van der Waals surface area contributed by atoms with Crippen molar-refractivity contribution in [3.8, 4) is 11.1 Å². The van der Waals surface area contributed by atoms with Gasteiger partial charge in [0.1, 0.15) is 11.2 Å². The van der Waals surface area contributed by atoms with Gasteiger partial charge in [0.15, 0.2) is 0 Å². The molecule has 0 unspecified atom stereocenters. The van der Waals surface area contributed by atoms with Crippen LogP contribution in [0, 0.1) is 34.6 Å². The van der Waals surface area contributed by atoms with Crippen molar-refractivity contribution in [3.05, 3.63) is 226 Å². The summed E-state index contributed by atoms with van der Waals surface area (Å²) in [7, 11) is 0. The Hall–Kier alpha value is -6.18. The number of hydrogen-bond acceptors (Lipinski definition) is 1. The van der Waals surface area contributed by atoms with Crippen LogP contribution in [0.15, 0.2) is 186 Å². The number of furan rings is 1. The first-order chi connectivity index (χ1) is 27.6. The molecule has 1 aromatic heterocycles. The molecule has 1 heterocycles. The second-order valence-electron chi connectivity index (χ2n) is 15.5. The molecule has 1 aliphatic rings. The van der Waals surface area contributed by atoms with E-state index in [-0.39, 0.29) is 5.41 Å². The van der Waals surface area contributed by atoms with Gasteiger partial charge in [-0.05, 0) is 103 Å². The normalized spacial score (nSPS) is 11.7. The lowest BCUT2D eigenvalue weighted by atomic mass is 9.81. The highest BCUT2D eigenvalue weighted by atomic mass is 16.3. The predicted octanol–water partition coefficient (Wildman–Crippen LogP) is 15.9. The Morgan fingerprint density at radius 2 is 0.947 bits per heavy atom. The van der Waals surface area contributed by atoms with Gasteiger partial charge in [0, 0.05) is 16.2 Å². The number of hydrogen-bond donors (Lipinski definition) is 0. The van der Waals surface area contributed by atoms with E-state index in [1.165, 1.54) is 77.2 Å². The van der Waals surface area contributed by atoms with Crippen molar-refractivity contribution in [2.75, 3.05) is 0 Å². The molecule has 0 amide bonds. The van der Waals surface area contributed by atoms with Gasteiger partial charge in [-0.2, -0.15) is 0 Å². The Labute approximate surface area is 340 Å². The average Bonchev–Trinajstić information content (AvgIpc) is 3.72. The highest BCUT2D eigenvalue weighted by molar-refractivity contribution is 6.06. The van der Waals surface area contributed by atoms with Crippen molar-refractivity contribution < 1.29 is 4.42 Å². The molecule has 0 spiro atoms. The van der Waals surface area contributed by atoms with Crippen LogP contribution in [0.4, 0.5) is 0 Å². The van der Waals surface area contributed by atoms with E-state index in [1.807, 2.05) is 72.8 Å². The minimum absolute atomic E-state index is 0.0888. The fourth-order valence-electron chi connectivity index (χ4n) is 7.61. The predicted molar refractivity (Wildman–Crippen MR) is 248 cm³/mol. The van der Waals surface area contributed by atoms with E-state index in [1.54, 1.807) is 0 Å². The molecular weight excluding hydrogens is 689 g/mol. The molecule has 0 N–H and O–H groups in total. The van der Waals surface area contributed by atoms with Crippen LogP contribution in [0.2, 0.25) is 0 Å². The highest BCUT2D eigenvalue weighted by Gasteiger charge is 2.36. The fraction of sp³-hybridized carbons (Fsp3) is 0.179. The van der Waals surface area contributed by atoms with Gasteiger partial charge in [-0.1, -0.05) is 207 Å². The summed E-state index contributed by atoms with van der Waals surface area (Å²) in [4.78, 5) is 0. The van der Waals surface area contributed by atoms with Crippen molar-refractivity contribution in [2.45, 2.75) is 67.2 Å². The van der Waals surface area contributed by atoms with Gasteiger partial charge >= 0.3 is 0 Å². The maximum Gasteiger partial charge on any atom is 0.135 e. The molecule has 286 valence electrons. The Balaban J connectivity index is 0.000000131. The number of para-hydroxylation sites is 1. The van der Waals surface area contributed by atoms with E-state index in [2.05, 4.69) is 165 Å². The first-order valence-corrected chi connectivity index (χ1v) is 20.2. The molecule has 0 radical (unpaired) electrons. The quantitative estimate of drug-likeness (QED) is 0.163. The van der Waals surface area contributed by atoms with Crippen molar-refractivity contribution >= 4 is 32.7 Å². The molecule has 1 nitrogen and oxygen atoms in total. The number of benzene rings is 8. The molecule has 1 aliphatic carbocycles. The van der Waals surface area contributed by atoms with Crippen molar-refractivity contribution in [1.82, 2.24) is 0 Å². The lowest BCUT2D eigenvalue weighted by Gasteiger charge is -2.22. The van der Waals surface area contributed by atoms with E-state index in [4.69, 9.17) is 4.42 Å². The fourth-order valence-corrected chi connectivity index (χ4v) is 7.61. The first-order valence-electron chi connectivity index (χ1n) is 20.2. The minimum atomic E-state index is 0.0888. The summed E-state index contributed by atoms with van der Waals surface area (Å²) in [6.45, 7) is 17.6. The second kappa shape index (κ2) is 18.6. The molecule has 0 bridgehead atoms. The van der Waals surface area contributed by atoms with E-state index in [9.17, 15) is 0 Å². The first kappa shape index (κ1) is 40.5. The van der Waals surface area contributed by atoms with E-state index >= 15 is 0 Å². The summed E-state index contributed by atoms with van der Waals surface area (Å²) in [5.41, 5.74) is 15.9. The Morgan fingerprint density at radius 3 is 1.51 bits per heavy atom. The highest BCUT2D eigenvalue weighted by Crippen LogP contribution is 2.52. The second-order valence-corrected chi connectivity index (χ2v) is 15.5. The SMILES string of the molecule is CCc1ccccc1.Cc1ccc2c(c1)C(C)(C)c1cc(C)c3ccccc3c1-2.Cc1cccc2oc3ccccc3c12.Cc1ccccc1.Cc1ccccc1. The zero-order valence-corrected chi connectivity index (χ0v) is 34.9. The number of aryl methyl sites for hydroxylation is 6. The molecule has 0 saturated heterocycles. The van der Waals surface area contributed by atoms with Crippen LogP contribution in [0.5, 0.6) is 0 Å². The van der Waals surface area contributed by atoms with E-state index in [0.717, 1.165) is 17.6 Å². The Morgan fingerprint density at radius 1 is 0.421 bits per heavy atom. The molecule has 1 heteroatoms. The zero-order chi connectivity index (χ0) is 40.4. The Kier molecular flexibility index (Phi) is 13.2. The van der Waals surface area contributed by atoms with Crippen LogP contribution in [-0.4, -0.2) is 0 Å². The molecule has 10 rings (SSSR count). The number of fused-ring (bicyclic) bond motifs is 8. The summed E-state index contributed by atoms with van der Waals surface area (Å²) in [6.07, 6.45) is 1.14. The van der Waals surface area contributed by atoms with Gasteiger partial charge in [-0.25, -0.2) is 0 Å². The number of rotatable bonds is 1. The summed E-state index contributed by atoms with van der Waals surface area (Å²) in [6, 6.07) is 63.4. The van der Waals surface area contributed by atoms with Gasteiger partial charge in [0.05, 0.1) is 0 Å². The van der Waals surface area contributed by atoms with E-state index < -0.39 is 0 Å². The largest absolute Gasteiger partial charge is 0.456 e. The third-order valence-electron chi connectivity index (χ3n) is 10.8. The maximum absolute atomic E-state index is 5.73. The van der Waals surface area contributed by atoms with Gasteiger partial charge in [0.25, 0.3) is 0 Å². The summed E-state index contributed by atoms with van der Waals surface area (Å²) < 4.78 is 5.73. The maximum atomic E-state index is 5.73. The molecule has 0 aliphatic heterocycles. The van der Waals surface area contributed by atoms with Crippen molar-refractivity contribution in [1.29, 1.82) is 0 Å². The van der Waals surface area contributed by atoms with Crippen LogP contribution in [0.3, 0.4) is 0 Å². The van der Waals surface area contributed by atoms with Gasteiger partial charge in [-0.15, -0.1) is 0 Å². The average molecular weight is 745 g/mol. The van der Waals surface area contributed by atoms with Crippen LogP contribution >= 0.6 is 0 Å². The smallest absolute Gasteiger partial charge is 0.135 e. The van der Waals surface area contributed by atoms with Gasteiger partial charge in [0.2, 0.25) is 0 Å². The van der Waals surface area contributed by atoms with Gasteiger partial charge in [-0.3, -0.25) is 0 Å². The molecule has 0 atom stereocenters. The lowest BCUT2D eigenvalue weighted by molar-refractivity contribution is 0.659. The monoisotopic (exact) mass is 744 g/mol. The van der Waals surface area contributed by atoms with Crippen LogP contribution in [0.25, 0.3) is 43.8 Å². The topological polar surface area (TPSA) is 13.1 Å². The van der Waals surface area contributed by atoms with Crippen LogP contribution in [-0.2, 0) is 11.8 Å².